The van der Waals surface area contributed by atoms with E-state index in [2.05, 4.69) is 19.2 Å². The lowest BCUT2D eigenvalue weighted by Gasteiger charge is -2.15. The molecule has 0 radical (unpaired) electrons. The average molecular weight is 225 g/mol. The third-order valence-corrected chi connectivity index (χ3v) is 4.01. The lowest BCUT2D eigenvalue weighted by Crippen LogP contribution is -2.27. The Balaban J connectivity index is 1.87. The Morgan fingerprint density at radius 1 is 1.12 bits per heavy atom. The van der Waals surface area contributed by atoms with Gasteiger partial charge < -0.3 is 5.32 Å². The molecule has 0 heterocycles. The van der Waals surface area contributed by atoms with Crippen LogP contribution in [0.3, 0.4) is 0 Å². The molecule has 1 atom stereocenters. The molecule has 1 saturated carbocycles. The average Bonchev–Trinajstić information content (AvgIpc) is 2.77. The van der Waals surface area contributed by atoms with Crippen molar-refractivity contribution in [3.8, 4) is 0 Å². The highest BCUT2D eigenvalue weighted by Crippen LogP contribution is 2.26. The molecule has 0 aromatic heterocycles. The maximum absolute atomic E-state index is 3.69. The molecule has 1 nitrogen and oxygen atoms in total. The maximum atomic E-state index is 3.69. The van der Waals surface area contributed by atoms with Gasteiger partial charge in [-0.15, -0.1) is 0 Å². The Morgan fingerprint density at radius 2 is 1.88 bits per heavy atom. The summed E-state index contributed by atoms with van der Waals surface area (Å²) in [6.07, 6.45) is 14.3. The molecule has 0 bridgehead atoms. The normalized spacial score (nSPS) is 19.1. The summed E-state index contributed by atoms with van der Waals surface area (Å²) in [6.45, 7) is 5.88. The molecule has 96 valence electrons. The van der Waals surface area contributed by atoms with E-state index in [-0.39, 0.29) is 0 Å². The summed E-state index contributed by atoms with van der Waals surface area (Å²) in [5.41, 5.74) is 0. The molecule has 1 rings (SSSR count). The summed E-state index contributed by atoms with van der Waals surface area (Å²) in [5.74, 6) is 1.04. The van der Waals surface area contributed by atoms with Gasteiger partial charge in [0.15, 0.2) is 0 Å². The highest BCUT2D eigenvalue weighted by Gasteiger charge is 2.14. The van der Waals surface area contributed by atoms with Gasteiger partial charge in [0.1, 0.15) is 0 Å². The largest absolute Gasteiger partial charge is 0.314 e. The number of nitrogens with one attached hydrogen (secondary N) is 1. The van der Waals surface area contributed by atoms with E-state index in [0.29, 0.717) is 0 Å². The molecule has 1 aliphatic carbocycles. The molecule has 0 saturated heterocycles. The second kappa shape index (κ2) is 9.04. The van der Waals surface area contributed by atoms with Crippen LogP contribution in [0.15, 0.2) is 0 Å². The van der Waals surface area contributed by atoms with Crippen molar-refractivity contribution in [3.05, 3.63) is 0 Å². The summed E-state index contributed by atoms with van der Waals surface area (Å²) in [6, 6.07) is 0.734. The Hall–Kier alpha value is -0.0400. The molecule has 16 heavy (non-hydrogen) atoms. The topological polar surface area (TPSA) is 12.0 Å². The second-order valence-corrected chi connectivity index (χ2v) is 5.64. The van der Waals surface area contributed by atoms with Gasteiger partial charge in [-0.2, -0.15) is 0 Å². The third kappa shape index (κ3) is 6.52. The van der Waals surface area contributed by atoms with Crippen molar-refractivity contribution in [2.75, 3.05) is 6.54 Å². The highest BCUT2D eigenvalue weighted by atomic mass is 14.9. The predicted molar refractivity (Wildman–Crippen MR) is 72.8 cm³/mol. The van der Waals surface area contributed by atoms with Crippen LogP contribution < -0.4 is 5.32 Å². The minimum absolute atomic E-state index is 0.734. The van der Waals surface area contributed by atoms with Gasteiger partial charge in [-0.1, -0.05) is 58.3 Å². The van der Waals surface area contributed by atoms with Crippen LogP contribution in [-0.2, 0) is 0 Å². The van der Waals surface area contributed by atoms with E-state index in [9.17, 15) is 0 Å². The molecule has 1 heteroatoms. The lowest BCUT2D eigenvalue weighted by atomic mass is 10.0. The van der Waals surface area contributed by atoms with Crippen LogP contribution in [0.2, 0.25) is 0 Å². The SMILES string of the molecule is CCCCCCC(C)NCCC1CCCC1. The predicted octanol–water partition coefficient (Wildman–Crippen LogP) is 4.52. The van der Waals surface area contributed by atoms with E-state index in [1.807, 2.05) is 0 Å². The third-order valence-electron chi connectivity index (χ3n) is 4.01. The molecular formula is C15H31N. The van der Waals surface area contributed by atoms with Gasteiger partial charge in [0, 0.05) is 6.04 Å². The number of hydrogen-bond acceptors (Lipinski definition) is 1. The van der Waals surface area contributed by atoms with Gasteiger partial charge >= 0.3 is 0 Å². The molecule has 0 aromatic carbocycles. The highest BCUT2D eigenvalue weighted by molar-refractivity contribution is 4.69. The molecule has 1 unspecified atom stereocenters. The zero-order chi connectivity index (χ0) is 11.6. The maximum Gasteiger partial charge on any atom is 0.00387 e. The quantitative estimate of drug-likeness (QED) is 0.569. The van der Waals surface area contributed by atoms with E-state index in [0.717, 1.165) is 12.0 Å². The number of hydrogen-bond donors (Lipinski definition) is 1. The van der Waals surface area contributed by atoms with Crippen molar-refractivity contribution < 1.29 is 0 Å². The first-order valence-electron chi connectivity index (χ1n) is 7.56. The van der Waals surface area contributed by atoms with Gasteiger partial charge in [-0.05, 0) is 32.2 Å². The first-order valence-corrected chi connectivity index (χ1v) is 7.56. The molecule has 0 aliphatic heterocycles. The van der Waals surface area contributed by atoms with E-state index in [1.165, 1.54) is 70.8 Å². The summed E-state index contributed by atoms with van der Waals surface area (Å²) in [7, 11) is 0. The minimum Gasteiger partial charge on any atom is -0.314 e. The van der Waals surface area contributed by atoms with Crippen molar-refractivity contribution in [2.45, 2.75) is 84.1 Å². The summed E-state index contributed by atoms with van der Waals surface area (Å²) in [4.78, 5) is 0. The molecule has 0 aromatic rings. The molecule has 0 amide bonds. The summed E-state index contributed by atoms with van der Waals surface area (Å²) < 4.78 is 0. The fourth-order valence-electron chi connectivity index (χ4n) is 2.81. The molecule has 1 N–H and O–H groups in total. The lowest BCUT2D eigenvalue weighted by molar-refractivity contribution is 0.429. The Bertz CT molecular complexity index is 150. The van der Waals surface area contributed by atoms with Crippen LogP contribution in [0.25, 0.3) is 0 Å². The van der Waals surface area contributed by atoms with Gasteiger partial charge in [-0.3, -0.25) is 0 Å². The molecule has 1 aliphatic rings. The van der Waals surface area contributed by atoms with Crippen LogP contribution in [0.1, 0.15) is 78.1 Å². The van der Waals surface area contributed by atoms with Crippen molar-refractivity contribution >= 4 is 0 Å². The fraction of sp³-hybridized carbons (Fsp3) is 1.00. The van der Waals surface area contributed by atoms with Crippen LogP contribution in [0.4, 0.5) is 0 Å². The molecular weight excluding hydrogens is 194 g/mol. The standard InChI is InChI=1S/C15H31N/c1-3-4-5-6-9-14(2)16-13-12-15-10-7-8-11-15/h14-16H,3-13H2,1-2H3. The van der Waals surface area contributed by atoms with Gasteiger partial charge in [0.25, 0.3) is 0 Å². The van der Waals surface area contributed by atoms with Crippen molar-refractivity contribution in [3.63, 3.8) is 0 Å². The first-order chi connectivity index (χ1) is 7.83. The number of unbranched alkanes of at least 4 members (excludes halogenated alkanes) is 3. The van der Waals surface area contributed by atoms with Crippen molar-refractivity contribution in [2.24, 2.45) is 5.92 Å². The van der Waals surface area contributed by atoms with Crippen LogP contribution in [-0.4, -0.2) is 12.6 Å². The van der Waals surface area contributed by atoms with Gasteiger partial charge in [0.2, 0.25) is 0 Å². The summed E-state index contributed by atoms with van der Waals surface area (Å²) in [5, 5.41) is 3.69. The van der Waals surface area contributed by atoms with Crippen molar-refractivity contribution in [1.29, 1.82) is 0 Å². The van der Waals surface area contributed by atoms with Crippen molar-refractivity contribution in [1.82, 2.24) is 5.32 Å². The zero-order valence-electron chi connectivity index (χ0n) is 11.4. The Labute approximate surface area is 102 Å². The minimum atomic E-state index is 0.734. The molecule has 1 fully saturated rings. The van der Waals surface area contributed by atoms with E-state index >= 15 is 0 Å². The van der Waals surface area contributed by atoms with Gasteiger partial charge in [-0.25, -0.2) is 0 Å². The second-order valence-electron chi connectivity index (χ2n) is 5.64. The van der Waals surface area contributed by atoms with Crippen LogP contribution in [0, 0.1) is 5.92 Å². The van der Waals surface area contributed by atoms with Crippen LogP contribution in [0.5, 0.6) is 0 Å². The van der Waals surface area contributed by atoms with Crippen LogP contribution >= 0.6 is 0 Å². The molecule has 0 spiro atoms. The summed E-state index contributed by atoms with van der Waals surface area (Å²) >= 11 is 0. The fourth-order valence-corrected chi connectivity index (χ4v) is 2.81. The zero-order valence-corrected chi connectivity index (χ0v) is 11.4. The van der Waals surface area contributed by atoms with E-state index in [1.54, 1.807) is 0 Å². The van der Waals surface area contributed by atoms with E-state index < -0.39 is 0 Å². The Kier molecular flexibility index (Phi) is 7.92. The van der Waals surface area contributed by atoms with Gasteiger partial charge in [0.05, 0.1) is 0 Å². The number of rotatable bonds is 9. The van der Waals surface area contributed by atoms with E-state index in [4.69, 9.17) is 0 Å². The smallest absolute Gasteiger partial charge is 0.00387 e. The monoisotopic (exact) mass is 225 g/mol. The Morgan fingerprint density at radius 3 is 2.56 bits per heavy atom. The first kappa shape index (κ1) is 14.0.